The second-order valence-electron chi connectivity index (χ2n) is 4.58. The second-order valence-corrected chi connectivity index (χ2v) is 5.50. The first-order valence-corrected chi connectivity index (χ1v) is 7.09. The number of halogens is 1. The highest BCUT2D eigenvalue weighted by Crippen LogP contribution is 2.20. The van der Waals surface area contributed by atoms with Crippen molar-refractivity contribution in [2.75, 3.05) is 11.9 Å². The van der Waals surface area contributed by atoms with Gasteiger partial charge in [-0.2, -0.15) is 0 Å². The molecule has 5 heteroatoms. The molecule has 0 saturated carbocycles. The molecular weight excluding hydrogens is 320 g/mol. The standard InChI is InChI=1S/C15H15BrN2O2/c1-11-8-13(16)10-14(9-11)17-7-6-12-4-2-3-5-15(12)18(19)20/h2-5,8-10,17H,6-7H2,1H3. The number of nitro benzene ring substituents is 1. The number of rotatable bonds is 5. The van der Waals surface area contributed by atoms with E-state index in [0.717, 1.165) is 21.3 Å². The summed E-state index contributed by atoms with van der Waals surface area (Å²) in [6.07, 6.45) is 0.614. The van der Waals surface area contributed by atoms with E-state index in [1.54, 1.807) is 18.2 Å². The summed E-state index contributed by atoms with van der Waals surface area (Å²) in [5.74, 6) is 0. The van der Waals surface area contributed by atoms with Crippen LogP contribution in [0, 0.1) is 17.0 Å². The van der Waals surface area contributed by atoms with Gasteiger partial charge < -0.3 is 5.32 Å². The summed E-state index contributed by atoms with van der Waals surface area (Å²) >= 11 is 3.45. The molecule has 0 heterocycles. The van der Waals surface area contributed by atoms with Gasteiger partial charge in [-0.3, -0.25) is 10.1 Å². The molecule has 0 saturated heterocycles. The van der Waals surface area contributed by atoms with E-state index in [1.807, 2.05) is 31.2 Å². The van der Waals surface area contributed by atoms with Gasteiger partial charge in [0.15, 0.2) is 0 Å². The molecule has 0 atom stereocenters. The third kappa shape index (κ3) is 3.81. The molecule has 2 rings (SSSR count). The van der Waals surface area contributed by atoms with Crippen LogP contribution in [0.25, 0.3) is 0 Å². The number of anilines is 1. The average Bonchev–Trinajstić information content (AvgIpc) is 2.38. The van der Waals surface area contributed by atoms with Crippen molar-refractivity contribution in [2.24, 2.45) is 0 Å². The maximum absolute atomic E-state index is 10.9. The zero-order chi connectivity index (χ0) is 14.5. The van der Waals surface area contributed by atoms with Gasteiger partial charge in [-0.1, -0.05) is 34.1 Å². The van der Waals surface area contributed by atoms with Crippen LogP contribution in [0.4, 0.5) is 11.4 Å². The highest BCUT2D eigenvalue weighted by molar-refractivity contribution is 9.10. The fourth-order valence-electron chi connectivity index (χ4n) is 2.08. The summed E-state index contributed by atoms with van der Waals surface area (Å²) in [5, 5.41) is 14.2. The fraction of sp³-hybridized carbons (Fsp3) is 0.200. The van der Waals surface area contributed by atoms with Gasteiger partial charge in [0.05, 0.1) is 4.92 Å². The monoisotopic (exact) mass is 334 g/mol. The van der Waals surface area contributed by atoms with Crippen molar-refractivity contribution in [3.05, 3.63) is 68.2 Å². The fourth-order valence-corrected chi connectivity index (χ4v) is 2.69. The molecule has 104 valence electrons. The Labute approximate surface area is 126 Å². The van der Waals surface area contributed by atoms with Crippen LogP contribution in [-0.2, 0) is 6.42 Å². The van der Waals surface area contributed by atoms with Crippen LogP contribution < -0.4 is 5.32 Å². The number of aryl methyl sites for hydroxylation is 1. The number of nitrogens with zero attached hydrogens (tertiary/aromatic N) is 1. The van der Waals surface area contributed by atoms with Crippen molar-refractivity contribution >= 4 is 27.3 Å². The lowest BCUT2D eigenvalue weighted by atomic mass is 10.1. The van der Waals surface area contributed by atoms with Crippen LogP contribution in [0.5, 0.6) is 0 Å². The molecule has 0 amide bonds. The largest absolute Gasteiger partial charge is 0.385 e. The zero-order valence-corrected chi connectivity index (χ0v) is 12.7. The lowest BCUT2D eigenvalue weighted by Crippen LogP contribution is -2.06. The van der Waals surface area contributed by atoms with E-state index in [-0.39, 0.29) is 10.6 Å². The Balaban J connectivity index is 2.01. The first-order valence-electron chi connectivity index (χ1n) is 6.29. The number of benzene rings is 2. The molecule has 0 aromatic heterocycles. The molecule has 2 aromatic carbocycles. The van der Waals surface area contributed by atoms with E-state index in [0.29, 0.717) is 13.0 Å². The van der Waals surface area contributed by atoms with Crippen LogP contribution in [0.3, 0.4) is 0 Å². The smallest absolute Gasteiger partial charge is 0.272 e. The molecule has 0 bridgehead atoms. The van der Waals surface area contributed by atoms with Crippen molar-refractivity contribution in [1.82, 2.24) is 0 Å². The van der Waals surface area contributed by atoms with Crippen molar-refractivity contribution in [3.8, 4) is 0 Å². The third-order valence-electron chi connectivity index (χ3n) is 2.95. The van der Waals surface area contributed by atoms with E-state index < -0.39 is 0 Å². The van der Waals surface area contributed by atoms with E-state index in [2.05, 4.69) is 21.2 Å². The van der Waals surface area contributed by atoms with Crippen molar-refractivity contribution in [2.45, 2.75) is 13.3 Å². The molecule has 0 spiro atoms. The quantitative estimate of drug-likeness (QED) is 0.654. The van der Waals surface area contributed by atoms with E-state index in [4.69, 9.17) is 0 Å². The predicted molar refractivity (Wildman–Crippen MR) is 84.2 cm³/mol. The molecule has 20 heavy (non-hydrogen) atoms. The molecule has 1 N–H and O–H groups in total. The summed E-state index contributed by atoms with van der Waals surface area (Å²) in [6.45, 7) is 2.68. The van der Waals surface area contributed by atoms with Crippen LogP contribution in [0.2, 0.25) is 0 Å². The first kappa shape index (κ1) is 14.5. The van der Waals surface area contributed by atoms with Crippen molar-refractivity contribution in [1.29, 1.82) is 0 Å². The summed E-state index contributed by atoms with van der Waals surface area (Å²) in [6, 6.07) is 12.9. The Morgan fingerprint density at radius 1 is 1.25 bits per heavy atom. The van der Waals surface area contributed by atoms with Gasteiger partial charge in [-0.05, 0) is 37.1 Å². The molecule has 4 nitrogen and oxygen atoms in total. The van der Waals surface area contributed by atoms with Crippen LogP contribution in [0.1, 0.15) is 11.1 Å². The Morgan fingerprint density at radius 2 is 2.00 bits per heavy atom. The summed E-state index contributed by atoms with van der Waals surface area (Å²) < 4.78 is 1.02. The molecule has 0 aliphatic heterocycles. The van der Waals surface area contributed by atoms with Crippen LogP contribution in [0.15, 0.2) is 46.9 Å². The molecular formula is C15H15BrN2O2. The SMILES string of the molecule is Cc1cc(Br)cc(NCCc2ccccc2[N+](=O)[O-])c1. The number of nitrogens with one attached hydrogen (secondary N) is 1. The Morgan fingerprint density at radius 3 is 2.70 bits per heavy atom. The molecule has 0 fully saturated rings. The average molecular weight is 335 g/mol. The van der Waals surface area contributed by atoms with E-state index in [1.165, 1.54) is 0 Å². The van der Waals surface area contributed by atoms with Crippen LogP contribution >= 0.6 is 15.9 Å². The maximum Gasteiger partial charge on any atom is 0.272 e. The van der Waals surface area contributed by atoms with Gasteiger partial charge in [0.1, 0.15) is 0 Å². The van der Waals surface area contributed by atoms with E-state index >= 15 is 0 Å². The van der Waals surface area contributed by atoms with Gasteiger partial charge in [0.2, 0.25) is 0 Å². The lowest BCUT2D eigenvalue weighted by Gasteiger charge is -2.08. The van der Waals surface area contributed by atoms with Gasteiger partial charge in [-0.25, -0.2) is 0 Å². The molecule has 0 aliphatic carbocycles. The Bertz CT molecular complexity index is 609. The zero-order valence-electron chi connectivity index (χ0n) is 11.1. The first-order chi connectivity index (χ1) is 9.56. The Hall–Kier alpha value is -1.88. The van der Waals surface area contributed by atoms with Crippen LogP contribution in [-0.4, -0.2) is 11.5 Å². The number of para-hydroxylation sites is 1. The highest BCUT2D eigenvalue weighted by atomic mass is 79.9. The van der Waals surface area contributed by atoms with Crippen molar-refractivity contribution in [3.63, 3.8) is 0 Å². The second kappa shape index (κ2) is 6.52. The maximum atomic E-state index is 10.9. The molecule has 0 aliphatic rings. The van der Waals surface area contributed by atoms with Gasteiger partial charge in [0, 0.05) is 28.3 Å². The van der Waals surface area contributed by atoms with Gasteiger partial charge in [-0.15, -0.1) is 0 Å². The van der Waals surface area contributed by atoms with Gasteiger partial charge in [0.25, 0.3) is 5.69 Å². The minimum Gasteiger partial charge on any atom is -0.385 e. The molecule has 0 radical (unpaired) electrons. The topological polar surface area (TPSA) is 55.2 Å². The minimum atomic E-state index is -0.335. The molecule has 2 aromatic rings. The summed E-state index contributed by atoms with van der Waals surface area (Å²) in [7, 11) is 0. The normalized spacial score (nSPS) is 10.3. The Kier molecular flexibility index (Phi) is 4.74. The lowest BCUT2D eigenvalue weighted by molar-refractivity contribution is -0.385. The predicted octanol–water partition coefficient (Wildman–Crippen LogP) is 4.32. The number of hydrogen-bond donors (Lipinski definition) is 1. The summed E-state index contributed by atoms with van der Waals surface area (Å²) in [5.41, 5.74) is 3.10. The van der Waals surface area contributed by atoms with E-state index in [9.17, 15) is 10.1 Å². The summed E-state index contributed by atoms with van der Waals surface area (Å²) in [4.78, 5) is 10.6. The highest BCUT2D eigenvalue weighted by Gasteiger charge is 2.11. The third-order valence-corrected chi connectivity index (χ3v) is 3.41. The van der Waals surface area contributed by atoms with Gasteiger partial charge >= 0.3 is 0 Å². The number of hydrogen-bond acceptors (Lipinski definition) is 3. The van der Waals surface area contributed by atoms with Crippen molar-refractivity contribution < 1.29 is 4.92 Å². The number of nitro groups is 1. The molecule has 0 unspecified atom stereocenters. The minimum absolute atomic E-state index is 0.180.